The number of rotatable bonds is 5. The van der Waals surface area contributed by atoms with Crippen LogP contribution in [-0.2, 0) is 14.3 Å². The Kier molecular flexibility index (Phi) is 25.0. The standard InChI is InChI=1S/C8H17NO.C2H6O.CH2O/c1-7(2)8(10)5-4-6-9-3;1-3-2;1-2/h7,9H,4-6H2,1-3H3;1-2H3;1H2. The molecule has 15 heavy (non-hydrogen) atoms. The summed E-state index contributed by atoms with van der Waals surface area (Å²) in [7, 11) is 5.15. The highest BCUT2D eigenvalue weighted by Gasteiger charge is 2.04. The molecule has 0 aliphatic rings. The molecule has 0 unspecified atom stereocenters. The van der Waals surface area contributed by atoms with Crippen molar-refractivity contribution in [1.29, 1.82) is 0 Å². The summed E-state index contributed by atoms with van der Waals surface area (Å²) in [5.74, 6) is 0.576. The molecule has 92 valence electrons. The van der Waals surface area contributed by atoms with E-state index in [-0.39, 0.29) is 5.92 Å². The minimum Gasteiger partial charge on any atom is -0.388 e. The van der Waals surface area contributed by atoms with Crippen LogP contribution in [0, 0.1) is 5.92 Å². The highest BCUT2D eigenvalue weighted by molar-refractivity contribution is 5.80. The molecule has 0 amide bonds. The van der Waals surface area contributed by atoms with Crippen molar-refractivity contribution >= 4 is 12.6 Å². The zero-order valence-corrected chi connectivity index (χ0v) is 10.6. The van der Waals surface area contributed by atoms with Crippen LogP contribution < -0.4 is 5.32 Å². The number of methoxy groups -OCH3 is 1. The second-order valence-electron chi connectivity index (χ2n) is 3.24. The van der Waals surface area contributed by atoms with E-state index in [1.165, 1.54) is 0 Å². The summed E-state index contributed by atoms with van der Waals surface area (Å²) in [6.45, 7) is 6.84. The minimum absolute atomic E-state index is 0.205. The lowest BCUT2D eigenvalue weighted by atomic mass is 10.1. The predicted molar refractivity (Wildman–Crippen MR) is 63.1 cm³/mol. The van der Waals surface area contributed by atoms with Gasteiger partial charge in [0.15, 0.2) is 0 Å². The van der Waals surface area contributed by atoms with Crippen LogP contribution in [0.25, 0.3) is 0 Å². The summed E-state index contributed by atoms with van der Waals surface area (Å²) in [5.41, 5.74) is 0. The molecule has 0 heterocycles. The monoisotopic (exact) mass is 219 g/mol. The SMILES string of the molecule is C=O.CNCCCC(=O)C(C)C.COC. The molecule has 0 saturated carbocycles. The van der Waals surface area contributed by atoms with Gasteiger partial charge in [0, 0.05) is 26.6 Å². The van der Waals surface area contributed by atoms with Crippen molar-refractivity contribution in [2.45, 2.75) is 26.7 Å². The van der Waals surface area contributed by atoms with Crippen molar-refractivity contribution in [3.8, 4) is 0 Å². The maximum absolute atomic E-state index is 11.0. The lowest BCUT2D eigenvalue weighted by Crippen LogP contribution is -2.12. The Morgan fingerprint density at radius 3 is 2.00 bits per heavy atom. The summed E-state index contributed by atoms with van der Waals surface area (Å²) < 4.78 is 4.25. The van der Waals surface area contributed by atoms with Gasteiger partial charge in [-0.15, -0.1) is 0 Å². The molecule has 0 aromatic rings. The Labute approximate surface area is 93.4 Å². The molecule has 0 radical (unpaired) electrons. The van der Waals surface area contributed by atoms with Crippen LogP contribution in [0.2, 0.25) is 0 Å². The number of ketones is 1. The van der Waals surface area contributed by atoms with E-state index >= 15 is 0 Å². The van der Waals surface area contributed by atoms with Crippen LogP contribution in [0.3, 0.4) is 0 Å². The summed E-state index contributed by atoms with van der Waals surface area (Å²) in [5, 5.41) is 3.01. The fourth-order valence-electron chi connectivity index (χ4n) is 0.728. The largest absolute Gasteiger partial charge is 0.388 e. The van der Waals surface area contributed by atoms with Crippen LogP contribution in [0.1, 0.15) is 26.7 Å². The van der Waals surface area contributed by atoms with Crippen molar-refractivity contribution in [2.75, 3.05) is 27.8 Å². The average Bonchev–Trinajstić information content (AvgIpc) is 2.22. The second kappa shape index (κ2) is 18.9. The molecule has 4 nitrogen and oxygen atoms in total. The first-order valence-electron chi connectivity index (χ1n) is 4.96. The Hall–Kier alpha value is -0.740. The van der Waals surface area contributed by atoms with E-state index < -0.39 is 0 Å². The molecule has 0 spiro atoms. The number of hydrogen-bond donors (Lipinski definition) is 1. The number of nitrogens with one attached hydrogen (secondary N) is 1. The minimum atomic E-state index is 0.205. The van der Waals surface area contributed by atoms with E-state index in [1.807, 2.05) is 27.7 Å². The normalized spacial score (nSPS) is 8.40. The molecule has 0 fully saturated rings. The van der Waals surface area contributed by atoms with Crippen molar-refractivity contribution in [1.82, 2.24) is 5.32 Å². The van der Waals surface area contributed by atoms with Crippen LogP contribution in [0.4, 0.5) is 0 Å². The third kappa shape index (κ3) is 24.6. The Morgan fingerprint density at radius 1 is 1.33 bits per heavy atom. The van der Waals surface area contributed by atoms with Crippen LogP contribution in [0.5, 0.6) is 0 Å². The van der Waals surface area contributed by atoms with Crippen LogP contribution in [0.15, 0.2) is 0 Å². The molecule has 0 saturated heterocycles. The van der Waals surface area contributed by atoms with E-state index in [1.54, 1.807) is 14.2 Å². The Bertz CT molecular complexity index is 127. The Morgan fingerprint density at radius 2 is 1.73 bits per heavy atom. The molecular weight excluding hydrogens is 194 g/mol. The third-order valence-electron chi connectivity index (χ3n) is 1.49. The van der Waals surface area contributed by atoms with Crippen LogP contribution in [-0.4, -0.2) is 40.4 Å². The molecule has 0 bridgehead atoms. The molecule has 0 atom stereocenters. The highest BCUT2D eigenvalue weighted by Crippen LogP contribution is 2.00. The zero-order valence-electron chi connectivity index (χ0n) is 10.6. The summed E-state index contributed by atoms with van der Waals surface area (Å²) in [6.07, 6.45) is 1.69. The maximum Gasteiger partial charge on any atom is 0.135 e. The molecule has 0 rings (SSSR count). The number of hydrogen-bond acceptors (Lipinski definition) is 4. The van der Waals surface area contributed by atoms with Crippen molar-refractivity contribution in [2.24, 2.45) is 5.92 Å². The maximum atomic E-state index is 11.0. The van der Waals surface area contributed by atoms with Gasteiger partial charge in [0.1, 0.15) is 12.6 Å². The third-order valence-corrected chi connectivity index (χ3v) is 1.49. The predicted octanol–water partition coefficient (Wildman–Crippen LogP) is 1.29. The number of Topliss-reactive ketones (excluding diaryl/α,β-unsaturated/α-hetero) is 1. The first kappa shape index (κ1) is 19.8. The zero-order chi connectivity index (χ0) is 12.7. The van der Waals surface area contributed by atoms with Gasteiger partial charge in [-0.2, -0.15) is 0 Å². The highest BCUT2D eigenvalue weighted by atomic mass is 16.4. The molecule has 0 aromatic carbocycles. The van der Waals surface area contributed by atoms with Crippen molar-refractivity contribution in [3.63, 3.8) is 0 Å². The van der Waals surface area contributed by atoms with Gasteiger partial charge in [0.05, 0.1) is 0 Å². The summed E-state index contributed by atoms with van der Waals surface area (Å²) in [4.78, 5) is 19.0. The number of ether oxygens (including phenoxy) is 1. The number of carbonyl (C=O) groups excluding carboxylic acids is 2. The van der Waals surface area contributed by atoms with Crippen molar-refractivity contribution in [3.05, 3.63) is 0 Å². The molecule has 1 N–H and O–H groups in total. The van der Waals surface area contributed by atoms with E-state index in [2.05, 4.69) is 10.1 Å². The quantitative estimate of drug-likeness (QED) is 0.708. The summed E-state index contributed by atoms with van der Waals surface area (Å²) in [6, 6.07) is 0. The lowest BCUT2D eigenvalue weighted by molar-refractivity contribution is -0.121. The van der Waals surface area contributed by atoms with Gasteiger partial charge < -0.3 is 14.8 Å². The fourth-order valence-corrected chi connectivity index (χ4v) is 0.728. The van der Waals surface area contributed by atoms with Crippen molar-refractivity contribution < 1.29 is 14.3 Å². The molecule has 4 heteroatoms. The Balaban J connectivity index is -0.000000245. The fraction of sp³-hybridized carbons (Fsp3) is 0.818. The van der Waals surface area contributed by atoms with Gasteiger partial charge in [-0.05, 0) is 20.0 Å². The van der Waals surface area contributed by atoms with Gasteiger partial charge in [-0.3, -0.25) is 4.79 Å². The van der Waals surface area contributed by atoms with Gasteiger partial charge >= 0.3 is 0 Å². The van der Waals surface area contributed by atoms with Gasteiger partial charge in [0.25, 0.3) is 0 Å². The first-order chi connectivity index (χ1) is 7.09. The topological polar surface area (TPSA) is 55.4 Å². The number of carbonyl (C=O) groups is 2. The van der Waals surface area contributed by atoms with E-state index in [0.29, 0.717) is 5.78 Å². The lowest BCUT2D eigenvalue weighted by Gasteiger charge is -2.02. The smallest absolute Gasteiger partial charge is 0.135 e. The molecule has 0 aromatic heterocycles. The average molecular weight is 219 g/mol. The molecule has 0 aliphatic heterocycles. The molecule has 0 aliphatic carbocycles. The molecular formula is C11H25NO3. The summed E-state index contributed by atoms with van der Waals surface area (Å²) >= 11 is 0. The van der Waals surface area contributed by atoms with E-state index in [4.69, 9.17) is 4.79 Å². The van der Waals surface area contributed by atoms with Gasteiger partial charge in [-0.25, -0.2) is 0 Å². The second-order valence-corrected chi connectivity index (χ2v) is 3.24. The van der Waals surface area contributed by atoms with Gasteiger partial charge in [-0.1, -0.05) is 13.8 Å². The van der Waals surface area contributed by atoms with Crippen LogP contribution >= 0.6 is 0 Å². The van der Waals surface area contributed by atoms with E-state index in [0.717, 1.165) is 19.4 Å². The first-order valence-corrected chi connectivity index (χ1v) is 4.96. The van der Waals surface area contributed by atoms with Gasteiger partial charge in [0.2, 0.25) is 0 Å². The van der Waals surface area contributed by atoms with E-state index in [9.17, 15) is 4.79 Å².